The molecular formula is C44H59Cl2NO9. The lowest BCUT2D eigenvalue weighted by molar-refractivity contribution is -0.207. The summed E-state index contributed by atoms with van der Waals surface area (Å²) in [5, 5.41) is 24.0. The van der Waals surface area contributed by atoms with Crippen LogP contribution in [0.4, 0.5) is 4.79 Å². The summed E-state index contributed by atoms with van der Waals surface area (Å²) in [6.45, 7) is 7.63. The Hall–Kier alpha value is -3.05. The number of aliphatic hydroxyl groups excluding tert-OH is 2. The highest BCUT2D eigenvalue weighted by Crippen LogP contribution is 2.68. The Bertz CT molecular complexity index is 1650. The molecule has 308 valence electrons. The summed E-state index contributed by atoms with van der Waals surface area (Å²) in [4.78, 5) is 40.0. The lowest BCUT2D eigenvalue weighted by Crippen LogP contribution is -2.62. The molecule has 0 bridgehead atoms. The quantitative estimate of drug-likeness (QED) is 0.143. The third-order valence-corrected chi connectivity index (χ3v) is 14.7. The van der Waals surface area contributed by atoms with E-state index in [1.807, 2.05) is 24.3 Å². The molecule has 4 aliphatic carbocycles. The van der Waals surface area contributed by atoms with Gasteiger partial charge >= 0.3 is 18.0 Å². The Morgan fingerprint density at radius 2 is 1.57 bits per heavy atom. The SMILES string of the molecule is COc1ccc(COC(=O)CC[C@@H](C)[C@H]2CC[C@H]3[C@@H]4[C@H](O)C[C@@H]5C[C@H](OC(=O)c6ccc(OC(=O)N(CCCl)CCCl)cc6)CC[C@]5(C)[C@H]4C[C@H](O)[C@]23C)cc1. The Labute approximate surface area is 341 Å². The minimum atomic E-state index is -0.558. The van der Waals surface area contributed by atoms with Crippen molar-refractivity contribution in [3.8, 4) is 11.5 Å². The van der Waals surface area contributed by atoms with E-state index in [2.05, 4.69) is 20.8 Å². The first-order chi connectivity index (χ1) is 26.8. The van der Waals surface area contributed by atoms with E-state index in [1.165, 1.54) is 4.90 Å². The van der Waals surface area contributed by atoms with Crippen LogP contribution in [0.25, 0.3) is 0 Å². The van der Waals surface area contributed by atoms with Crippen molar-refractivity contribution in [1.29, 1.82) is 0 Å². The van der Waals surface area contributed by atoms with Gasteiger partial charge in [-0.05, 0) is 140 Å². The zero-order chi connectivity index (χ0) is 40.2. The van der Waals surface area contributed by atoms with Crippen LogP contribution in [0.1, 0.15) is 94.5 Å². The van der Waals surface area contributed by atoms with E-state index in [0.717, 1.165) is 37.0 Å². The second-order valence-corrected chi connectivity index (χ2v) is 17.9. The number of hydrogen-bond donors (Lipinski definition) is 2. The van der Waals surface area contributed by atoms with Crippen molar-refractivity contribution in [1.82, 2.24) is 4.90 Å². The number of ether oxygens (including phenoxy) is 4. The molecular weight excluding hydrogens is 757 g/mol. The highest BCUT2D eigenvalue weighted by atomic mass is 35.5. The molecule has 0 radical (unpaired) electrons. The number of methoxy groups -OCH3 is 1. The van der Waals surface area contributed by atoms with Crippen LogP contribution in [-0.4, -0.2) is 83.4 Å². The third-order valence-electron chi connectivity index (χ3n) is 14.4. The number of carbonyl (C=O) groups excluding carboxylic acids is 3. The Morgan fingerprint density at radius 1 is 0.893 bits per heavy atom. The van der Waals surface area contributed by atoms with E-state index in [0.29, 0.717) is 56.5 Å². The summed E-state index contributed by atoms with van der Waals surface area (Å²) in [7, 11) is 1.62. The van der Waals surface area contributed by atoms with Gasteiger partial charge in [0.2, 0.25) is 0 Å². The highest BCUT2D eigenvalue weighted by Gasteiger charge is 2.65. The van der Waals surface area contributed by atoms with Gasteiger partial charge in [-0.1, -0.05) is 32.9 Å². The predicted molar refractivity (Wildman–Crippen MR) is 214 cm³/mol. The molecule has 2 N–H and O–H groups in total. The van der Waals surface area contributed by atoms with E-state index in [-0.39, 0.29) is 76.8 Å². The maximum Gasteiger partial charge on any atom is 0.415 e. The molecule has 2 aromatic rings. The van der Waals surface area contributed by atoms with E-state index in [1.54, 1.807) is 31.4 Å². The number of esters is 2. The molecule has 0 saturated heterocycles. The number of aliphatic hydroxyl groups is 2. The van der Waals surface area contributed by atoms with Crippen molar-refractivity contribution in [3.63, 3.8) is 0 Å². The van der Waals surface area contributed by atoms with Gasteiger partial charge < -0.3 is 34.1 Å². The number of amides is 1. The van der Waals surface area contributed by atoms with Gasteiger partial charge in [-0.2, -0.15) is 0 Å². The molecule has 0 spiro atoms. The number of rotatable bonds is 14. The second kappa shape index (κ2) is 18.3. The van der Waals surface area contributed by atoms with Crippen LogP contribution in [0.3, 0.4) is 0 Å². The lowest BCUT2D eigenvalue weighted by Gasteiger charge is -2.63. The smallest absolute Gasteiger partial charge is 0.415 e. The van der Waals surface area contributed by atoms with Crippen LogP contribution < -0.4 is 9.47 Å². The molecule has 1 amide bonds. The first kappa shape index (κ1) is 42.6. The Morgan fingerprint density at radius 3 is 2.23 bits per heavy atom. The fourth-order valence-corrected chi connectivity index (χ4v) is 11.7. The number of alkyl halides is 2. The molecule has 0 unspecified atom stereocenters. The van der Waals surface area contributed by atoms with Crippen molar-refractivity contribution >= 4 is 41.2 Å². The number of halogens is 2. The molecule has 2 aromatic carbocycles. The number of fused-ring (bicyclic) bond motifs is 5. The molecule has 10 nitrogen and oxygen atoms in total. The molecule has 0 heterocycles. The summed E-state index contributed by atoms with van der Waals surface area (Å²) in [5.41, 5.74) is 0.851. The Balaban J connectivity index is 1.03. The molecule has 4 aliphatic rings. The normalized spacial score (nSPS) is 32.6. The van der Waals surface area contributed by atoms with Crippen LogP contribution in [0.5, 0.6) is 11.5 Å². The van der Waals surface area contributed by atoms with Gasteiger partial charge in [0.05, 0.1) is 24.9 Å². The average molecular weight is 817 g/mol. The van der Waals surface area contributed by atoms with Gasteiger partial charge in [-0.15, -0.1) is 23.2 Å². The van der Waals surface area contributed by atoms with Gasteiger partial charge in [0.1, 0.15) is 24.2 Å². The van der Waals surface area contributed by atoms with E-state index in [9.17, 15) is 24.6 Å². The van der Waals surface area contributed by atoms with Crippen LogP contribution in [0.15, 0.2) is 48.5 Å². The third kappa shape index (κ3) is 8.84. The van der Waals surface area contributed by atoms with Gasteiger partial charge in [0.25, 0.3) is 0 Å². The van der Waals surface area contributed by atoms with Crippen LogP contribution in [0.2, 0.25) is 0 Å². The summed E-state index contributed by atoms with van der Waals surface area (Å²) in [5.74, 6) is 2.01. The fourth-order valence-electron chi connectivity index (χ4n) is 11.3. The van der Waals surface area contributed by atoms with E-state index < -0.39 is 24.3 Å². The minimum Gasteiger partial charge on any atom is -0.497 e. The zero-order valence-corrected chi connectivity index (χ0v) is 34.7. The number of nitrogens with zero attached hydrogens (tertiary/aromatic N) is 1. The monoisotopic (exact) mass is 815 g/mol. The summed E-state index contributed by atoms with van der Waals surface area (Å²) >= 11 is 11.6. The summed E-state index contributed by atoms with van der Waals surface area (Å²) < 4.78 is 22.3. The predicted octanol–water partition coefficient (Wildman–Crippen LogP) is 8.26. The van der Waals surface area contributed by atoms with E-state index >= 15 is 0 Å². The molecule has 56 heavy (non-hydrogen) atoms. The minimum absolute atomic E-state index is 0.0845. The highest BCUT2D eigenvalue weighted by molar-refractivity contribution is 6.18. The van der Waals surface area contributed by atoms with Gasteiger partial charge in [-0.3, -0.25) is 4.79 Å². The van der Waals surface area contributed by atoms with Crippen molar-refractivity contribution in [3.05, 3.63) is 59.7 Å². The topological polar surface area (TPSA) is 132 Å². The van der Waals surface area contributed by atoms with Gasteiger partial charge in [-0.25, -0.2) is 9.59 Å². The number of hydrogen-bond acceptors (Lipinski definition) is 9. The first-order valence-electron chi connectivity index (χ1n) is 20.4. The van der Waals surface area contributed by atoms with Crippen LogP contribution in [-0.2, 0) is 20.9 Å². The zero-order valence-electron chi connectivity index (χ0n) is 33.2. The van der Waals surface area contributed by atoms with Crippen molar-refractivity contribution in [2.24, 2.45) is 46.3 Å². The number of benzene rings is 2. The van der Waals surface area contributed by atoms with Crippen molar-refractivity contribution < 1.29 is 43.5 Å². The second-order valence-electron chi connectivity index (χ2n) is 17.2. The summed E-state index contributed by atoms with van der Waals surface area (Å²) in [6, 6.07) is 13.8. The van der Waals surface area contributed by atoms with Gasteiger partial charge in [0.15, 0.2) is 0 Å². The average Bonchev–Trinajstić information content (AvgIpc) is 3.55. The fraction of sp³-hybridized carbons (Fsp3) is 0.659. The van der Waals surface area contributed by atoms with Crippen LogP contribution >= 0.6 is 23.2 Å². The maximum absolute atomic E-state index is 13.3. The molecule has 11 atom stereocenters. The first-order valence-corrected chi connectivity index (χ1v) is 21.4. The number of carbonyl (C=O) groups is 3. The molecule has 0 aliphatic heterocycles. The lowest BCUT2D eigenvalue weighted by atomic mass is 9.43. The van der Waals surface area contributed by atoms with E-state index in [4.69, 9.17) is 42.1 Å². The largest absolute Gasteiger partial charge is 0.497 e. The summed E-state index contributed by atoms with van der Waals surface area (Å²) in [6.07, 6.45) is 4.66. The van der Waals surface area contributed by atoms with Crippen LogP contribution in [0, 0.1) is 46.3 Å². The standard InChI is InChI=1S/C44H59Cl2NO9/c1-27(5-16-39(50)54-26-28-6-10-31(53-4)11-7-28)34-14-15-35-40-36(25-38(49)44(34,35)3)43(2)18-17-33(23-30(43)24-37(40)48)55-41(51)29-8-12-32(13-9-29)56-42(52)47(21-19-45)22-20-46/h6-13,27,30,33-38,40,48-49H,5,14-26H2,1-4H3/t27-,30+,33-,34-,35+,36+,37-,38+,40+,43+,44-/m1/s1. The molecule has 6 rings (SSSR count). The van der Waals surface area contributed by atoms with Crippen molar-refractivity contribution in [2.45, 2.75) is 103 Å². The molecule has 4 saturated carbocycles. The molecule has 12 heteroatoms. The van der Waals surface area contributed by atoms with Gasteiger partial charge in [0, 0.05) is 31.3 Å². The maximum atomic E-state index is 13.3. The molecule has 4 fully saturated rings. The Kier molecular flexibility index (Phi) is 13.9. The van der Waals surface area contributed by atoms with Crippen molar-refractivity contribution in [2.75, 3.05) is 32.0 Å². The molecule has 0 aromatic heterocycles.